The van der Waals surface area contributed by atoms with E-state index >= 15 is 0 Å². The Kier molecular flexibility index (Phi) is 7.59. The number of nitrogens with one attached hydrogen (secondary N) is 1. The van der Waals surface area contributed by atoms with E-state index in [2.05, 4.69) is 5.32 Å². The highest BCUT2D eigenvalue weighted by Crippen LogP contribution is 2.35. The Morgan fingerprint density at radius 1 is 1.06 bits per heavy atom. The smallest absolute Gasteiger partial charge is 0.341 e. The monoisotopic (exact) mass is 464 g/mol. The number of non-ortho nitro benzene ring substituents is 2. The molecule has 1 aromatic heterocycles. The number of ether oxygens (including phenoxy) is 1. The quantitative estimate of drug-likeness (QED) is 0.353. The number of carbonyl (C=O) groups excluding carboxylic acids is 3. The van der Waals surface area contributed by atoms with Crippen molar-refractivity contribution >= 4 is 45.5 Å². The molecule has 0 fully saturated rings. The number of benzene rings is 1. The molecule has 1 N–H and O–H groups in total. The summed E-state index contributed by atoms with van der Waals surface area (Å²) in [6.45, 7) is 5.98. The van der Waals surface area contributed by atoms with Gasteiger partial charge in [0, 0.05) is 25.2 Å². The van der Waals surface area contributed by atoms with E-state index in [1.165, 1.54) is 11.8 Å². The molecule has 0 spiro atoms. The van der Waals surface area contributed by atoms with Crippen LogP contribution in [0.2, 0.25) is 0 Å². The van der Waals surface area contributed by atoms with E-state index in [1.54, 1.807) is 13.8 Å². The van der Waals surface area contributed by atoms with Gasteiger partial charge in [-0.25, -0.2) is 4.79 Å². The van der Waals surface area contributed by atoms with Gasteiger partial charge in [0.05, 0.1) is 39.0 Å². The van der Waals surface area contributed by atoms with E-state index in [0.717, 1.165) is 36.6 Å². The van der Waals surface area contributed by atoms with E-state index < -0.39 is 33.1 Å². The number of rotatable bonds is 8. The molecule has 2 aromatic rings. The summed E-state index contributed by atoms with van der Waals surface area (Å²) in [6, 6.07) is 2.48. The fourth-order valence-corrected chi connectivity index (χ4v) is 4.08. The van der Waals surface area contributed by atoms with Gasteiger partial charge >= 0.3 is 5.97 Å². The zero-order chi connectivity index (χ0) is 24.2. The maximum absolute atomic E-state index is 12.8. The molecule has 0 unspecified atom stereocenters. The molecule has 0 aliphatic rings. The molecule has 13 heteroatoms. The highest BCUT2D eigenvalue weighted by molar-refractivity contribution is 7.18. The molecule has 0 aliphatic carbocycles. The summed E-state index contributed by atoms with van der Waals surface area (Å²) in [7, 11) is 1.14. The highest BCUT2D eigenvalue weighted by Gasteiger charge is 2.29. The molecule has 2 rings (SSSR count). The normalized spacial score (nSPS) is 10.4. The van der Waals surface area contributed by atoms with Gasteiger partial charge in [0.15, 0.2) is 0 Å². The zero-order valence-electron chi connectivity index (χ0n) is 17.7. The molecule has 2 amide bonds. The molecular formula is C19H20N4O8S. The third-order valence-corrected chi connectivity index (χ3v) is 5.79. The number of carbonyl (C=O) groups is 3. The standard InChI is InChI=1S/C19H20N4O8S/c1-5-21(6-2)18(25)15-10(3)14(19(26)31-4)17(32-15)20-16(24)11-7-12(22(27)28)9-13(8-11)23(29)30/h7-9H,5-6H2,1-4H3,(H,20,24). The fourth-order valence-electron chi connectivity index (χ4n) is 2.92. The number of nitrogens with zero attached hydrogens (tertiary/aromatic N) is 3. The molecule has 0 saturated heterocycles. The van der Waals surface area contributed by atoms with Gasteiger partial charge in [-0.2, -0.15) is 0 Å². The minimum atomic E-state index is -0.926. The number of nitro benzene ring substituents is 2. The summed E-state index contributed by atoms with van der Waals surface area (Å²) in [5.41, 5.74) is -1.38. The number of anilines is 1. The van der Waals surface area contributed by atoms with Crippen LogP contribution in [0.4, 0.5) is 16.4 Å². The second-order valence-electron chi connectivity index (χ2n) is 6.44. The highest BCUT2D eigenvalue weighted by atomic mass is 32.1. The second kappa shape index (κ2) is 9.96. The number of nitro groups is 2. The Bertz CT molecular complexity index is 1070. The zero-order valence-corrected chi connectivity index (χ0v) is 18.5. The van der Waals surface area contributed by atoms with Crippen LogP contribution in [0.5, 0.6) is 0 Å². The van der Waals surface area contributed by atoms with Gasteiger partial charge in [0.2, 0.25) is 0 Å². The van der Waals surface area contributed by atoms with Crippen LogP contribution >= 0.6 is 11.3 Å². The van der Waals surface area contributed by atoms with Crippen molar-refractivity contribution < 1.29 is 29.0 Å². The van der Waals surface area contributed by atoms with Crippen molar-refractivity contribution in [2.24, 2.45) is 0 Å². The molecule has 0 radical (unpaired) electrons. The van der Waals surface area contributed by atoms with Crippen molar-refractivity contribution in [1.29, 1.82) is 0 Å². The molecule has 170 valence electrons. The minimum Gasteiger partial charge on any atom is -0.465 e. The molecular weight excluding hydrogens is 444 g/mol. The second-order valence-corrected chi connectivity index (χ2v) is 7.46. The Morgan fingerprint density at radius 3 is 2.03 bits per heavy atom. The van der Waals surface area contributed by atoms with Crippen LogP contribution in [0.3, 0.4) is 0 Å². The molecule has 0 bridgehead atoms. The maximum atomic E-state index is 12.8. The van der Waals surface area contributed by atoms with Gasteiger partial charge in [0.25, 0.3) is 23.2 Å². The molecule has 32 heavy (non-hydrogen) atoms. The lowest BCUT2D eigenvalue weighted by atomic mass is 10.1. The Morgan fingerprint density at radius 2 is 1.59 bits per heavy atom. The van der Waals surface area contributed by atoms with E-state index in [1.807, 2.05) is 0 Å². The first-order valence-corrected chi connectivity index (χ1v) is 10.1. The summed E-state index contributed by atoms with van der Waals surface area (Å²) in [5, 5.41) is 24.6. The Balaban J connectivity index is 2.54. The van der Waals surface area contributed by atoms with Gasteiger partial charge < -0.3 is 15.0 Å². The number of esters is 1. The molecule has 0 atom stereocenters. The number of methoxy groups -OCH3 is 1. The topological polar surface area (TPSA) is 162 Å². The first kappa shape index (κ1) is 24.4. The van der Waals surface area contributed by atoms with E-state index in [-0.39, 0.29) is 26.9 Å². The first-order chi connectivity index (χ1) is 15.0. The molecule has 0 saturated carbocycles. The first-order valence-electron chi connectivity index (χ1n) is 9.31. The Labute approximate surface area is 186 Å². The van der Waals surface area contributed by atoms with Crippen molar-refractivity contribution in [2.75, 3.05) is 25.5 Å². The van der Waals surface area contributed by atoms with Crippen LogP contribution in [0.15, 0.2) is 18.2 Å². The molecule has 0 aliphatic heterocycles. The Hall–Kier alpha value is -3.87. The summed E-state index contributed by atoms with van der Waals surface area (Å²) < 4.78 is 4.77. The van der Waals surface area contributed by atoms with E-state index in [0.29, 0.717) is 18.7 Å². The largest absolute Gasteiger partial charge is 0.465 e. The minimum absolute atomic E-state index is 0.0102. The lowest BCUT2D eigenvalue weighted by Crippen LogP contribution is -2.30. The predicted molar refractivity (Wildman–Crippen MR) is 115 cm³/mol. The summed E-state index contributed by atoms with van der Waals surface area (Å²) in [4.78, 5) is 60.1. The number of thiophene rings is 1. The van der Waals surface area contributed by atoms with E-state index in [9.17, 15) is 34.6 Å². The van der Waals surface area contributed by atoms with Gasteiger partial charge in [-0.05, 0) is 26.3 Å². The SMILES string of the molecule is CCN(CC)C(=O)c1sc(NC(=O)c2cc([N+](=O)[O-])cc([N+](=O)[O-])c2)c(C(=O)OC)c1C. The summed E-state index contributed by atoms with van der Waals surface area (Å²) in [5.74, 6) is -2.06. The third-order valence-electron chi connectivity index (χ3n) is 4.59. The van der Waals surface area contributed by atoms with Gasteiger partial charge in [-0.3, -0.25) is 29.8 Å². The van der Waals surface area contributed by atoms with Crippen molar-refractivity contribution in [3.8, 4) is 0 Å². The molecule has 1 heterocycles. The molecule has 12 nitrogen and oxygen atoms in total. The van der Waals surface area contributed by atoms with Crippen LogP contribution in [0.1, 0.15) is 49.8 Å². The van der Waals surface area contributed by atoms with Crippen molar-refractivity contribution in [3.05, 3.63) is 60.0 Å². The van der Waals surface area contributed by atoms with Crippen molar-refractivity contribution in [2.45, 2.75) is 20.8 Å². The van der Waals surface area contributed by atoms with Crippen LogP contribution in [0, 0.1) is 27.2 Å². The predicted octanol–water partition coefficient (Wildman–Crippen LogP) is 3.39. The lowest BCUT2D eigenvalue weighted by Gasteiger charge is -2.17. The third kappa shape index (κ3) is 4.88. The van der Waals surface area contributed by atoms with Gasteiger partial charge in [-0.1, -0.05) is 0 Å². The summed E-state index contributed by atoms with van der Waals surface area (Å²) in [6.07, 6.45) is 0. The van der Waals surface area contributed by atoms with Crippen molar-refractivity contribution in [3.63, 3.8) is 0 Å². The van der Waals surface area contributed by atoms with E-state index in [4.69, 9.17) is 4.74 Å². The summed E-state index contributed by atoms with van der Waals surface area (Å²) >= 11 is 0.849. The van der Waals surface area contributed by atoms with Crippen molar-refractivity contribution in [1.82, 2.24) is 4.90 Å². The molecule has 1 aromatic carbocycles. The van der Waals surface area contributed by atoms with Crippen LogP contribution in [-0.2, 0) is 4.74 Å². The number of amides is 2. The maximum Gasteiger partial charge on any atom is 0.341 e. The number of hydrogen-bond donors (Lipinski definition) is 1. The number of hydrogen-bond acceptors (Lipinski definition) is 9. The lowest BCUT2D eigenvalue weighted by molar-refractivity contribution is -0.394. The van der Waals surface area contributed by atoms with Crippen LogP contribution < -0.4 is 5.32 Å². The van der Waals surface area contributed by atoms with Crippen LogP contribution in [-0.4, -0.2) is 52.7 Å². The average Bonchev–Trinajstić information content (AvgIpc) is 3.08. The fraction of sp³-hybridized carbons (Fsp3) is 0.316. The van der Waals surface area contributed by atoms with Gasteiger partial charge in [-0.15, -0.1) is 11.3 Å². The van der Waals surface area contributed by atoms with Gasteiger partial charge in [0.1, 0.15) is 5.00 Å². The average molecular weight is 464 g/mol. The van der Waals surface area contributed by atoms with Crippen LogP contribution in [0.25, 0.3) is 0 Å².